The maximum absolute atomic E-state index is 14.0. The standard InChI is InChI=1S/C24H20F4N4O2/c1-34-20-12-14(4-7-18(20)25)21-16-8-9-29-22(16)23(33)32(30-21)19-13-15(31-10-2-3-11-31)5-6-17(19)24(26,27)28/h4-9,12-13,29H,2-3,10-11H2,1H3. The Morgan fingerprint density at radius 3 is 2.53 bits per heavy atom. The van der Waals surface area contributed by atoms with Crippen LogP contribution in [0.25, 0.3) is 27.8 Å². The first-order valence-corrected chi connectivity index (χ1v) is 10.7. The number of methoxy groups -OCH3 is 1. The summed E-state index contributed by atoms with van der Waals surface area (Å²) in [5.41, 5.74) is -0.775. The minimum absolute atomic E-state index is 0.0484. The number of fused-ring (bicyclic) bond motifs is 1. The first-order chi connectivity index (χ1) is 16.3. The summed E-state index contributed by atoms with van der Waals surface area (Å²) >= 11 is 0. The van der Waals surface area contributed by atoms with Crippen LogP contribution >= 0.6 is 0 Å². The van der Waals surface area contributed by atoms with Crippen molar-refractivity contribution in [2.75, 3.05) is 25.1 Å². The van der Waals surface area contributed by atoms with Gasteiger partial charge in [0.2, 0.25) is 0 Å². The zero-order valence-electron chi connectivity index (χ0n) is 18.1. The van der Waals surface area contributed by atoms with E-state index < -0.39 is 23.1 Å². The van der Waals surface area contributed by atoms with Crippen molar-refractivity contribution in [3.63, 3.8) is 0 Å². The number of aromatic nitrogens is 3. The summed E-state index contributed by atoms with van der Waals surface area (Å²) in [6.45, 7) is 1.45. The number of hydrogen-bond acceptors (Lipinski definition) is 4. The SMILES string of the molecule is COc1cc(-c2nn(-c3cc(N4CCCC4)ccc3C(F)(F)F)c(=O)c3[nH]ccc23)ccc1F. The molecular weight excluding hydrogens is 452 g/mol. The highest BCUT2D eigenvalue weighted by Crippen LogP contribution is 2.37. The molecule has 1 aliphatic heterocycles. The van der Waals surface area contributed by atoms with Gasteiger partial charge in [0, 0.05) is 35.9 Å². The molecule has 0 aliphatic carbocycles. The van der Waals surface area contributed by atoms with Gasteiger partial charge in [0.05, 0.1) is 18.4 Å². The van der Waals surface area contributed by atoms with E-state index in [1.807, 2.05) is 4.90 Å². The summed E-state index contributed by atoms with van der Waals surface area (Å²) in [6.07, 6.45) is -1.31. The van der Waals surface area contributed by atoms with Gasteiger partial charge in [-0.15, -0.1) is 0 Å². The number of anilines is 1. The van der Waals surface area contributed by atoms with Gasteiger partial charge in [-0.3, -0.25) is 4.79 Å². The van der Waals surface area contributed by atoms with Crippen molar-refractivity contribution < 1.29 is 22.3 Å². The molecule has 4 aromatic rings. The van der Waals surface area contributed by atoms with Crippen LogP contribution in [0.2, 0.25) is 0 Å². The average Bonchev–Trinajstić information content (AvgIpc) is 3.52. The molecule has 1 saturated heterocycles. The van der Waals surface area contributed by atoms with Crippen LogP contribution in [0.5, 0.6) is 5.75 Å². The third kappa shape index (κ3) is 3.68. The molecule has 2 aromatic carbocycles. The summed E-state index contributed by atoms with van der Waals surface area (Å²) in [4.78, 5) is 18.1. The lowest BCUT2D eigenvalue weighted by atomic mass is 10.1. The average molecular weight is 472 g/mol. The van der Waals surface area contributed by atoms with Gasteiger partial charge >= 0.3 is 6.18 Å². The molecule has 2 aromatic heterocycles. The summed E-state index contributed by atoms with van der Waals surface area (Å²) < 4.78 is 61.7. The largest absolute Gasteiger partial charge is 0.494 e. The maximum Gasteiger partial charge on any atom is 0.418 e. The van der Waals surface area contributed by atoms with Crippen LogP contribution in [0.1, 0.15) is 18.4 Å². The maximum atomic E-state index is 14.0. The number of halogens is 4. The Kier molecular flexibility index (Phi) is 5.30. The molecule has 0 spiro atoms. The minimum Gasteiger partial charge on any atom is -0.494 e. The van der Waals surface area contributed by atoms with Gasteiger partial charge < -0.3 is 14.6 Å². The number of alkyl halides is 3. The first-order valence-electron chi connectivity index (χ1n) is 10.7. The van der Waals surface area contributed by atoms with Crippen LogP contribution < -0.4 is 15.2 Å². The fourth-order valence-corrected chi connectivity index (χ4v) is 4.34. The molecule has 10 heteroatoms. The van der Waals surface area contributed by atoms with E-state index in [0.29, 0.717) is 16.6 Å². The van der Waals surface area contributed by atoms with E-state index in [1.165, 1.54) is 43.6 Å². The van der Waals surface area contributed by atoms with Crippen molar-refractivity contribution >= 4 is 16.6 Å². The third-order valence-corrected chi connectivity index (χ3v) is 6.02. The molecular formula is C24H20F4N4O2. The van der Waals surface area contributed by atoms with Gasteiger partial charge in [0.15, 0.2) is 11.6 Å². The Balaban J connectivity index is 1.79. The summed E-state index contributed by atoms with van der Waals surface area (Å²) in [5.74, 6) is -0.643. The van der Waals surface area contributed by atoms with Crippen molar-refractivity contribution in [2.45, 2.75) is 19.0 Å². The third-order valence-electron chi connectivity index (χ3n) is 6.02. The summed E-state index contributed by atoms with van der Waals surface area (Å²) in [5, 5.41) is 4.75. The first kappa shape index (κ1) is 22.0. The van der Waals surface area contributed by atoms with E-state index in [9.17, 15) is 22.4 Å². The summed E-state index contributed by atoms with van der Waals surface area (Å²) in [7, 11) is 1.31. The molecule has 0 amide bonds. The molecule has 1 fully saturated rings. The fraction of sp³-hybridized carbons (Fsp3) is 0.250. The molecule has 0 atom stereocenters. The lowest BCUT2D eigenvalue weighted by Gasteiger charge is -2.21. The molecule has 0 radical (unpaired) electrons. The molecule has 176 valence electrons. The Morgan fingerprint density at radius 1 is 1.06 bits per heavy atom. The number of hydrogen-bond donors (Lipinski definition) is 1. The van der Waals surface area contributed by atoms with Crippen LogP contribution in [-0.2, 0) is 6.18 Å². The van der Waals surface area contributed by atoms with Crippen LogP contribution in [-0.4, -0.2) is 35.0 Å². The lowest BCUT2D eigenvalue weighted by Crippen LogP contribution is -2.26. The number of ether oxygens (including phenoxy) is 1. The lowest BCUT2D eigenvalue weighted by molar-refractivity contribution is -0.137. The number of rotatable bonds is 4. The van der Waals surface area contributed by atoms with Crippen molar-refractivity contribution in [1.82, 2.24) is 14.8 Å². The summed E-state index contributed by atoms with van der Waals surface area (Å²) in [6, 6.07) is 9.37. The molecule has 0 bridgehead atoms. The van der Waals surface area contributed by atoms with E-state index in [1.54, 1.807) is 6.07 Å². The Morgan fingerprint density at radius 2 is 1.82 bits per heavy atom. The molecule has 3 heterocycles. The second-order valence-electron chi connectivity index (χ2n) is 8.07. The molecule has 0 saturated carbocycles. The number of benzene rings is 2. The number of nitrogens with zero attached hydrogens (tertiary/aromatic N) is 3. The van der Waals surface area contributed by atoms with Crippen molar-refractivity contribution in [2.24, 2.45) is 0 Å². The number of aromatic amines is 1. The van der Waals surface area contributed by atoms with E-state index in [4.69, 9.17) is 4.74 Å². The molecule has 5 rings (SSSR count). The van der Waals surface area contributed by atoms with Crippen LogP contribution in [0, 0.1) is 5.82 Å². The quantitative estimate of drug-likeness (QED) is 0.418. The smallest absolute Gasteiger partial charge is 0.418 e. The monoisotopic (exact) mass is 472 g/mol. The normalized spacial score (nSPS) is 14.2. The van der Waals surface area contributed by atoms with Crippen LogP contribution in [0.4, 0.5) is 23.2 Å². The highest BCUT2D eigenvalue weighted by molar-refractivity contribution is 5.92. The van der Waals surface area contributed by atoms with Crippen molar-refractivity contribution in [1.29, 1.82) is 0 Å². The number of H-pyrrole nitrogens is 1. The van der Waals surface area contributed by atoms with E-state index in [2.05, 4.69) is 10.1 Å². The fourth-order valence-electron chi connectivity index (χ4n) is 4.34. The van der Waals surface area contributed by atoms with E-state index in [0.717, 1.165) is 36.7 Å². The van der Waals surface area contributed by atoms with Gasteiger partial charge in [-0.1, -0.05) is 0 Å². The minimum atomic E-state index is -4.70. The highest BCUT2D eigenvalue weighted by Gasteiger charge is 2.35. The van der Waals surface area contributed by atoms with Crippen LogP contribution in [0.3, 0.4) is 0 Å². The van der Waals surface area contributed by atoms with Gasteiger partial charge in [-0.25, -0.2) is 4.39 Å². The van der Waals surface area contributed by atoms with Crippen molar-refractivity contribution in [3.8, 4) is 22.7 Å². The van der Waals surface area contributed by atoms with Crippen molar-refractivity contribution in [3.05, 3.63) is 70.4 Å². The van der Waals surface area contributed by atoms with Gasteiger partial charge in [-0.2, -0.15) is 23.0 Å². The molecule has 6 nitrogen and oxygen atoms in total. The topological polar surface area (TPSA) is 63.1 Å². The van der Waals surface area contributed by atoms with Crippen LogP contribution in [0.15, 0.2) is 53.5 Å². The van der Waals surface area contributed by atoms with Gasteiger partial charge in [-0.05, 0) is 55.3 Å². The van der Waals surface area contributed by atoms with E-state index >= 15 is 0 Å². The predicted molar refractivity (Wildman–Crippen MR) is 120 cm³/mol. The van der Waals surface area contributed by atoms with E-state index in [-0.39, 0.29) is 22.6 Å². The number of nitrogens with one attached hydrogen (secondary N) is 1. The molecule has 1 N–H and O–H groups in total. The molecule has 1 aliphatic rings. The second kappa shape index (κ2) is 8.19. The Labute approximate surface area is 191 Å². The Hall–Kier alpha value is -3.82. The zero-order chi connectivity index (χ0) is 24.0. The zero-order valence-corrected chi connectivity index (χ0v) is 18.1. The predicted octanol–water partition coefficient (Wildman–Crippen LogP) is 5.15. The highest BCUT2D eigenvalue weighted by atomic mass is 19.4. The molecule has 0 unspecified atom stereocenters. The Bertz CT molecular complexity index is 1440. The van der Waals surface area contributed by atoms with Gasteiger partial charge in [0.25, 0.3) is 5.56 Å². The molecule has 34 heavy (non-hydrogen) atoms. The second-order valence-corrected chi connectivity index (χ2v) is 8.07. The van der Waals surface area contributed by atoms with Gasteiger partial charge in [0.1, 0.15) is 11.2 Å².